The van der Waals surface area contributed by atoms with Crippen molar-refractivity contribution in [2.24, 2.45) is 28.7 Å². The molecule has 20 atom stereocenters. The molecule has 21 heteroatoms. The van der Waals surface area contributed by atoms with Crippen LogP contribution >= 0.6 is 0 Å². The summed E-state index contributed by atoms with van der Waals surface area (Å²) in [5.74, 6) is 1.02. The zero-order valence-corrected chi connectivity index (χ0v) is 29.3. The molecule has 4 saturated heterocycles. The van der Waals surface area contributed by atoms with E-state index in [0.29, 0.717) is 17.1 Å². The standard InChI is InChI=1S/C32H53N5O16/c1-44-11-3-10(4-12(5-11)45-2)29-46-9-17-27(51-29)23(42)19(37)31(49-17)50-25-14(35)6-13(34)20(39)28(25)53-32-24(43)26(16(8-38)48-32)52-30-18(36)22(41)21(40)15(7-33)47-30/h3-5,13-32,38-43H,6-9,33-37H2,1-2H3/t13-,14+,15?,16-,17-,18-,19-,20+,21-,22-,23-,24-,25+,26-,27-,28-,29?,30-,31-,32+/m1/s1. The van der Waals surface area contributed by atoms with E-state index in [4.69, 9.17) is 76.0 Å². The SMILES string of the molecule is COc1cc(OC)cc(C2OC[C@H]3O[C@H](O[C@@H]4[C@H](O[C@@H]5O[C@H](CO)[C@@H](O[C@H]6OC(CN)[C@@H](O)[C@H](O)[C@H]6N)[C@H]5O)[C@@H](O)[C@H](N)C[C@@H]4N)[C@H](N)[C@@H](O)[C@@H]3O2)c1. The van der Waals surface area contributed by atoms with Gasteiger partial charge in [0.1, 0.15) is 78.6 Å². The molecule has 0 radical (unpaired) electrons. The predicted octanol–water partition coefficient (Wildman–Crippen LogP) is -6.08. The Morgan fingerprint density at radius 1 is 0.660 bits per heavy atom. The predicted molar refractivity (Wildman–Crippen MR) is 176 cm³/mol. The molecule has 302 valence electrons. The van der Waals surface area contributed by atoms with E-state index in [1.807, 2.05) is 0 Å². The van der Waals surface area contributed by atoms with Gasteiger partial charge in [0.05, 0.1) is 45.6 Å². The van der Waals surface area contributed by atoms with Crippen LogP contribution in [-0.2, 0) is 37.9 Å². The first-order valence-electron chi connectivity index (χ1n) is 17.5. The van der Waals surface area contributed by atoms with Crippen LogP contribution in [0.2, 0.25) is 0 Å². The molecule has 5 fully saturated rings. The molecule has 1 aliphatic carbocycles. The van der Waals surface area contributed by atoms with Crippen LogP contribution in [0.1, 0.15) is 18.3 Å². The van der Waals surface area contributed by atoms with Crippen molar-refractivity contribution >= 4 is 0 Å². The lowest BCUT2D eigenvalue weighted by Gasteiger charge is -2.49. The lowest BCUT2D eigenvalue weighted by molar-refractivity contribution is -0.356. The lowest BCUT2D eigenvalue weighted by atomic mass is 9.84. The number of methoxy groups -OCH3 is 2. The number of aliphatic hydroxyl groups is 6. The third kappa shape index (κ3) is 8.16. The van der Waals surface area contributed by atoms with Crippen molar-refractivity contribution < 1.29 is 78.0 Å². The topological polar surface area (TPSA) is 344 Å². The Kier molecular flexibility index (Phi) is 13.1. The van der Waals surface area contributed by atoms with Gasteiger partial charge in [-0.1, -0.05) is 0 Å². The first-order valence-corrected chi connectivity index (χ1v) is 17.5. The van der Waals surface area contributed by atoms with Gasteiger partial charge in [-0.3, -0.25) is 0 Å². The van der Waals surface area contributed by atoms with Crippen LogP contribution in [0, 0.1) is 0 Å². The van der Waals surface area contributed by atoms with E-state index in [1.54, 1.807) is 18.2 Å². The number of hydrogen-bond donors (Lipinski definition) is 11. The van der Waals surface area contributed by atoms with Crippen molar-refractivity contribution in [3.8, 4) is 11.5 Å². The van der Waals surface area contributed by atoms with Gasteiger partial charge in [0.15, 0.2) is 25.2 Å². The van der Waals surface area contributed by atoms with Crippen molar-refractivity contribution in [1.82, 2.24) is 0 Å². The Morgan fingerprint density at radius 3 is 1.91 bits per heavy atom. The zero-order chi connectivity index (χ0) is 38.3. The van der Waals surface area contributed by atoms with Gasteiger partial charge in [-0.2, -0.15) is 0 Å². The van der Waals surface area contributed by atoms with Gasteiger partial charge >= 0.3 is 0 Å². The van der Waals surface area contributed by atoms with Gasteiger partial charge < -0.3 is 107 Å². The van der Waals surface area contributed by atoms with E-state index >= 15 is 0 Å². The van der Waals surface area contributed by atoms with Gasteiger partial charge in [0, 0.05) is 30.3 Å². The summed E-state index contributed by atoms with van der Waals surface area (Å²) < 4.78 is 58.5. The Morgan fingerprint density at radius 2 is 1.26 bits per heavy atom. The minimum Gasteiger partial charge on any atom is -0.497 e. The monoisotopic (exact) mass is 763 g/mol. The Balaban J connectivity index is 1.14. The molecule has 6 rings (SSSR count). The molecular formula is C32H53N5O16. The third-order valence-electron chi connectivity index (χ3n) is 10.4. The molecule has 0 bridgehead atoms. The van der Waals surface area contributed by atoms with Crippen LogP contribution in [0.25, 0.3) is 0 Å². The molecule has 16 N–H and O–H groups in total. The molecule has 2 unspecified atom stereocenters. The summed E-state index contributed by atoms with van der Waals surface area (Å²) in [4.78, 5) is 0. The molecule has 4 aliphatic heterocycles. The molecule has 21 nitrogen and oxygen atoms in total. The van der Waals surface area contributed by atoms with Crippen molar-refractivity contribution in [3.05, 3.63) is 23.8 Å². The number of rotatable bonds is 11. The molecule has 4 heterocycles. The summed E-state index contributed by atoms with van der Waals surface area (Å²) in [6.45, 7) is -0.842. The maximum absolute atomic E-state index is 11.3. The maximum Gasteiger partial charge on any atom is 0.187 e. The molecule has 5 aliphatic rings. The average Bonchev–Trinajstić information content (AvgIpc) is 3.46. The minimum atomic E-state index is -1.62. The lowest BCUT2D eigenvalue weighted by Crippen LogP contribution is -2.69. The Labute approximate surface area is 304 Å². The van der Waals surface area contributed by atoms with Crippen LogP contribution in [0.3, 0.4) is 0 Å². The van der Waals surface area contributed by atoms with E-state index in [1.165, 1.54) is 14.2 Å². The van der Waals surface area contributed by atoms with Crippen molar-refractivity contribution in [1.29, 1.82) is 0 Å². The first-order chi connectivity index (χ1) is 25.3. The second-order valence-electron chi connectivity index (χ2n) is 13.9. The second kappa shape index (κ2) is 17.1. The minimum absolute atomic E-state index is 0.0227. The maximum atomic E-state index is 11.3. The van der Waals surface area contributed by atoms with Gasteiger partial charge in [0.25, 0.3) is 0 Å². The molecule has 53 heavy (non-hydrogen) atoms. The number of aliphatic hydroxyl groups excluding tert-OH is 6. The smallest absolute Gasteiger partial charge is 0.187 e. The Bertz CT molecular complexity index is 1330. The molecule has 0 aromatic heterocycles. The van der Waals surface area contributed by atoms with Crippen LogP contribution in [0.5, 0.6) is 11.5 Å². The first kappa shape index (κ1) is 40.7. The van der Waals surface area contributed by atoms with E-state index in [2.05, 4.69) is 0 Å². The van der Waals surface area contributed by atoms with Gasteiger partial charge in [-0.15, -0.1) is 0 Å². The fourth-order valence-electron chi connectivity index (χ4n) is 7.34. The highest BCUT2D eigenvalue weighted by Crippen LogP contribution is 2.38. The summed E-state index contributed by atoms with van der Waals surface area (Å²) in [6, 6.07) is 0.951. The number of fused-ring (bicyclic) bond motifs is 1. The molecular weight excluding hydrogens is 710 g/mol. The van der Waals surface area contributed by atoms with Crippen molar-refractivity contribution in [2.45, 2.75) is 129 Å². The molecule has 1 saturated carbocycles. The van der Waals surface area contributed by atoms with Crippen LogP contribution in [0.15, 0.2) is 18.2 Å². The van der Waals surface area contributed by atoms with Crippen molar-refractivity contribution in [2.75, 3.05) is 34.0 Å². The molecule has 0 spiro atoms. The summed E-state index contributed by atoms with van der Waals surface area (Å²) >= 11 is 0. The van der Waals surface area contributed by atoms with Crippen LogP contribution < -0.4 is 38.1 Å². The van der Waals surface area contributed by atoms with E-state index in [0.717, 1.165) is 0 Å². The molecule has 0 amide bonds. The summed E-state index contributed by atoms with van der Waals surface area (Å²) in [5.41, 5.74) is 31.4. The highest BCUT2D eigenvalue weighted by Gasteiger charge is 2.55. The van der Waals surface area contributed by atoms with Gasteiger partial charge in [-0.05, 0) is 18.6 Å². The largest absolute Gasteiger partial charge is 0.497 e. The van der Waals surface area contributed by atoms with Crippen LogP contribution in [0.4, 0.5) is 0 Å². The summed E-state index contributed by atoms with van der Waals surface area (Å²) in [5, 5.41) is 64.6. The highest BCUT2D eigenvalue weighted by molar-refractivity contribution is 5.39. The Hall–Kier alpha value is -1.94. The molecule has 1 aromatic carbocycles. The number of nitrogens with two attached hydrogens (primary N) is 5. The number of hydrogen-bond acceptors (Lipinski definition) is 21. The normalized spacial score (nSPS) is 47.6. The zero-order valence-electron chi connectivity index (χ0n) is 29.3. The van der Waals surface area contributed by atoms with Gasteiger partial charge in [0.2, 0.25) is 0 Å². The fraction of sp³-hybridized carbons (Fsp3) is 0.812. The second-order valence-corrected chi connectivity index (χ2v) is 13.9. The highest BCUT2D eigenvalue weighted by atomic mass is 16.8. The average molecular weight is 764 g/mol. The third-order valence-corrected chi connectivity index (χ3v) is 10.4. The van der Waals surface area contributed by atoms with E-state index < -0.39 is 129 Å². The van der Waals surface area contributed by atoms with Crippen LogP contribution in [-0.4, -0.2) is 181 Å². The van der Waals surface area contributed by atoms with Crippen molar-refractivity contribution in [3.63, 3.8) is 0 Å². The van der Waals surface area contributed by atoms with E-state index in [-0.39, 0.29) is 19.6 Å². The van der Waals surface area contributed by atoms with Gasteiger partial charge in [-0.25, -0.2) is 0 Å². The number of ether oxygens (including phenoxy) is 10. The summed E-state index contributed by atoms with van der Waals surface area (Å²) in [7, 11) is 3.02. The fourth-order valence-corrected chi connectivity index (χ4v) is 7.34. The van der Waals surface area contributed by atoms with E-state index in [9.17, 15) is 30.6 Å². The summed E-state index contributed by atoms with van der Waals surface area (Å²) in [6.07, 6.45) is -20.0. The quantitative estimate of drug-likeness (QED) is 0.0999. The molecule has 1 aromatic rings. The number of benzene rings is 1.